The number of carboxylic acid groups (broad SMARTS) is 1. The number of ether oxygens (including phenoxy) is 1. The number of piperidine rings is 1. The molecule has 30 heavy (non-hydrogen) atoms. The molecule has 3 N–H and O–H groups in total. The number of carbonyl (C=O) groups excluding carboxylic acids is 1. The Morgan fingerprint density at radius 2 is 2.00 bits per heavy atom. The highest BCUT2D eigenvalue weighted by Crippen LogP contribution is 2.39. The third kappa shape index (κ3) is 3.32. The second-order valence-electron chi connectivity index (χ2n) is 7.93. The second kappa shape index (κ2) is 7.71. The molecular weight excluding hydrogens is 393 g/mol. The Bertz CT molecular complexity index is 1090. The van der Waals surface area contributed by atoms with E-state index in [4.69, 9.17) is 10.5 Å². The van der Waals surface area contributed by atoms with Gasteiger partial charge in [-0.25, -0.2) is 9.18 Å². The van der Waals surface area contributed by atoms with E-state index in [1.807, 2.05) is 11.8 Å². The van der Waals surface area contributed by atoms with Crippen LogP contribution in [0.2, 0.25) is 0 Å². The largest absolute Gasteiger partial charge is 0.477 e. The first-order valence-corrected chi connectivity index (χ1v) is 10.1. The van der Waals surface area contributed by atoms with Crippen molar-refractivity contribution in [3.05, 3.63) is 39.4 Å². The highest BCUT2D eigenvalue weighted by atomic mass is 19.1. The van der Waals surface area contributed by atoms with Gasteiger partial charge in [0.25, 0.3) is 0 Å². The van der Waals surface area contributed by atoms with Crippen molar-refractivity contribution in [2.75, 3.05) is 24.5 Å². The molecule has 0 amide bonds. The topological polar surface area (TPSA) is 115 Å². The Hall–Kier alpha value is -2.94. The van der Waals surface area contributed by atoms with Gasteiger partial charge in [-0.05, 0) is 25.8 Å². The maximum absolute atomic E-state index is 15.2. The molecule has 1 aromatic heterocycles. The van der Waals surface area contributed by atoms with Crippen molar-refractivity contribution in [1.29, 1.82) is 0 Å². The molecule has 2 aliphatic rings. The molecule has 0 unspecified atom stereocenters. The normalized spacial score (nSPS) is 19.2. The molecule has 1 fully saturated rings. The maximum Gasteiger partial charge on any atom is 0.341 e. The van der Waals surface area contributed by atoms with Crippen LogP contribution in [0.15, 0.2) is 17.1 Å². The van der Waals surface area contributed by atoms with Crippen LogP contribution < -0.4 is 16.1 Å². The van der Waals surface area contributed by atoms with E-state index in [1.54, 1.807) is 4.57 Å². The number of rotatable bonds is 4. The predicted octanol–water partition coefficient (Wildman–Crippen LogP) is 1.82. The lowest BCUT2D eigenvalue weighted by atomic mass is 9.93. The van der Waals surface area contributed by atoms with Gasteiger partial charge in [0.15, 0.2) is 0 Å². The summed E-state index contributed by atoms with van der Waals surface area (Å²) in [5, 5.41) is 9.49. The number of nitrogens with two attached hydrogens (primary N) is 1. The molecule has 0 bridgehead atoms. The van der Waals surface area contributed by atoms with E-state index in [0.717, 1.165) is 11.6 Å². The number of aromatic carboxylic acids is 1. The van der Waals surface area contributed by atoms with Crippen molar-refractivity contribution < 1.29 is 23.8 Å². The molecule has 2 aliphatic heterocycles. The van der Waals surface area contributed by atoms with Crippen LogP contribution in [0.4, 0.5) is 10.1 Å². The van der Waals surface area contributed by atoms with Crippen LogP contribution in [0.1, 0.15) is 48.1 Å². The standard InChI is InChI=1S/C21H24FN3O5/c1-11-2-3-13-18-14(20(27)15(21(28)29)10-25(11)18)8-16(22)19(13)24-6-4-12(5-7-24)30-17(26)9-23/h8,10-12H,2-7,9,23H2,1H3,(H,28,29)/t11-/m0/s1. The van der Waals surface area contributed by atoms with Crippen LogP contribution in [0, 0.1) is 5.82 Å². The number of halogens is 1. The predicted molar refractivity (Wildman–Crippen MR) is 109 cm³/mol. The minimum Gasteiger partial charge on any atom is -0.477 e. The number of aromatic nitrogens is 1. The lowest BCUT2D eigenvalue weighted by Gasteiger charge is -2.36. The molecule has 0 aliphatic carbocycles. The smallest absolute Gasteiger partial charge is 0.341 e. The summed E-state index contributed by atoms with van der Waals surface area (Å²) in [5.74, 6) is -2.30. The number of benzene rings is 1. The Kier molecular flexibility index (Phi) is 5.23. The fourth-order valence-electron chi connectivity index (χ4n) is 4.56. The van der Waals surface area contributed by atoms with E-state index in [9.17, 15) is 19.5 Å². The molecule has 1 aromatic carbocycles. The molecule has 8 nitrogen and oxygen atoms in total. The summed E-state index contributed by atoms with van der Waals surface area (Å²) in [6, 6.07) is 1.16. The third-order valence-corrected chi connectivity index (χ3v) is 6.08. The Balaban J connectivity index is 1.77. The molecule has 9 heteroatoms. The molecule has 2 aromatic rings. The van der Waals surface area contributed by atoms with Crippen molar-refractivity contribution in [2.24, 2.45) is 5.73 Å². The summed E-state index contributed by atoms with van der Waals surface area (Å²) in [6.07, 6.45) is 3.56. The fourth-order valence-corrected chi connectivity index (χ4v) is 4.56. The number of carboxylic acids is 1. The summed E-state index contributed by atoms with van der Waals surface area (Å²) in [7, 11) is 0. The van der Waals surface area contributed by atoms with Gasteiger partial charge in [0, 0.05) is 49.1 Å². The molecule has 0 spiro atoms. The number of esters is 1. The molecule has 4 rings (SSSR count). The zero-order chi connectivity index (χ0) is 21.6. The van der Waals surface area contributed by atoms with Gasteiger partial charge in [0.2, 0.25) is 5.43 Å². The van der Waals surface area contributed by atoms with Gasteiger partial charge in [0.05, 0.1) is 17.7 Å². The van der Waals surface area contributed by atoms with E-state index < -0.39 is 23.2 Å². The summed E-state index contributed by atoms with van der Waals surface area (Å²) in [6.45, 7) is 2.80. The SMILES string of the molecule is C[C@H]1CCc2c(N3CCC(OC(=O)CN)CC3)c(F)cc3c(=O)c(C(=O)O)cn1c23. The Morgan fingerprint density at radius 1 is 1.30 bits per heavy atom. The summed E-state index contributed by atoms with van der Waals surface area (Å²) >= 11 is 0. The minimum absolute atomic E-state index is 0.00146. The minimum atomic E-state index is -1.32. The van der Waals surface area contributed by atoms with E-state index >= 15 is 4.39 Å². The molecular formula is C21H24FN3O5. The average Bonchev–Trinajstić information content (AvgIpc) is 2.72. The molecule has 0 radical (unpaired) electrons. The zero-order valence-electron chi connectivity index (χ0n) is 16.7. The first-order chi connectivity index (χ1) is 14.3. The van der Waals surface area contributed by atoms with Crippen molar-refractivity contribution in [1.82, 2.24) is 4.57 Å². The first kappa shape index (κ1) is 20.3. The van der Waals surface area contributed by atoms with Gasteiger partial charge in [-0.2, -0.15) is 0 Å². The molecule has 1 saturated heterocycles. The maximum atomic E-state index is 15.2. The van der Waals surface area contributed by atoms with Crippen molar-refractivity contribution in [3.8, 4) is 0 Å². The number of carbonyl (C=O) groups is 2. The van der Waals surface area contributed by atoms with Crippen LogP contribution in [0.3, 0.4) is 0 Å². The van der Waals surface area contributed by atoms with Gasteiger partial charge >= 0.3 is 11.9 Å². The number of hydrogen-bond acceptors (Lipinski definition) is 6. The van der Waals surface area contributed by atoms with Gasteiger partial charge in [-0.3, -0.25) is 9.59 Å². The quantitative estimate of drug-likeness (QED) is 0.729. The van der Waals surface area contributed by atoms with E-state index in [0.29, 0.717) is 50.0 Å². The number of nitrogens with zero attached hydrogens (tertiary/aromatic N) is 2. The first-order valence-electron chi connectivity index (χ1n) is 10.1. The van der Waals surface area contributed by atoms with Crippen molar-refractivity contribution >= 4 is 28.5 Å². The molecule has 160 valence electrons. The van der Waals surface area contributed by atoms with Crippen LogP contribution >= 0.6 is 0 Å². The van der Waals surface area contributed by atoms with Crippen LogP contribution in [0.5, 0.6) is 0 Å². The highest BCUT2D eigenvalue weighted by Gasteiger charge is 2.31. The lowest BCUT2D eigenvalue weighted by molar-refractivity contribution is -0.148. The average molecular weight is 417 g/mol. The Labute approximate surface area is 172 Å². The second-order valence-corrected chi connectivity index (χ2v) is 7.93. The lowest BCUT2D eigenvalue weighted by Crippen LogP contribution is -2.40. The third-order valence-electron chi connectivity index (χ3n) is 6.08. The molecule has 0 saturated carbocycles. The molecule has 1 atom stereocenters. The van der Waals surface area contributed by atoms with Crippen LogP contribution in [-0.2, 0) is 16.0 Å². The number of aryl methyl sites for hydroxylation is 1. The van der Waals surface area contributed by atoms with Crippen LogP contribution in [-0.4, -0.2) is 47.4 Å². The zero-order valence-corrected chi connectivity index (χ0v) is 16.7. The molecule has 3 heterocycles. The fraction of sp³-hybridized carbons (Fsp3) is 0.476. The summed E-state index contributed by atoms with van der Waals surface area (Å²) in [5.41, 5.74) is 6.07. The summed E-state index contributed by atoms with van der Waals surface area (Å²) < 4.78 is 22.3. The van der Waals surface area contributed by atoms with Gasteiger partial charge in [-0.1, -0.05) is 0 Å². The van der Waals surface area contributed by atoms with Gasteiger partial charge in [0.1, 0.15) is 17.5 Å². The number of pyridine rings is 1. The van der Waals surface area contributed by atoms with E-state index in [-0.39, 0.29) is 29.6 Å². The van der Waals surface area contributed by atoms with Gasteiger partial charge in [-0.15, -0.1) is 0 Å². The number of hydrogen-bond donors (Lipinski definition) is 2. The summed E-state index contributed by atoms with van der Waals surface area (Å²) in [4.78, 5) is 37.6. The van der Waals surface area contributed by atoms with E-state index in [1.165, 1.54) is 6.20 Å². The highest BCUT2D eigenvalue weighted by molar-refractivity contribution is 5.95. The van der Waals surface area contributed by atoms with E-state index in [2.05, 4.69) is 0 Å². The van der Waals surface area contributed by atoms with Crippen molar-refractivity contribution in [3.63, 3.8) is 0 Å². The monoisotopic (exact) mass is 417 g/mol. The van der Waals surface area contributed by atoms with Gasteiger partial charge < -0.3 is 25.0 Å². The van der Waals surface area contributed by atoms with Crippen molar-refractivity contribution in [2.45, 2.75) is 44.8 Å². The number of anilines is 1. The van der Waals surface area contributed by atoms with Crippen LogP contribution in [0.25, 0.3) is 10.9 Å². The Morgan fingerprint density at radius 3 is 2.63 bits per heavy atom.